The van der Waals surface area contributed by atoms with E-state index in [1.54, 1.807) is 24.3 Å². The number of aliphatic hydroxyl groups is 1. The van der Waals surface area contributed by atoms with Gasteiger partial charge in [-0.3, -0.25) is 4.79 Å². The van der Waals surface area contributed by atoms with Crippen LogP contribution >= 0.6 is 0 Å². The van der Waals surface area contributed by atoms with Crippen molar-refractivity contribution in [3.63, 3.8) is 0 Å². The van der Waals surface area contributed by atoms with Crippen molar-refractivity contribution in [3.05, 3.63) is 35.4 Å². The van der Waals surface area contributed by atoms with Gasteiger partial charge in [0.05, 0.1) is 6.10 Å². The van der Waals surface area contributed by atoms with E-state index < -0.39 is 12.1 Å². The molecule has 0 saturated carbocycles. The third-order valence-electron chi connectivity index (χ3n) is 4.20. The predicted molar refractivity (Wildman–Crippen MR) is 85.3 cm³/mol. The Morgan fingerprint density at radius 3 is 2.70 bits per heavy atom. The molecule has 0 aliphatic carbocycles. The van der Waals surface area contributed by atoms with E-state index in [-0.39, 0.29) is 18.2 Å². The molecule has 1 saturated heterocycles. The van der Waals surface area contributed by atoms with E-state index in [0.717, 1.165) is 24.9 Å². The Labute approximate surface area is 135 Å². The smallest absolute Gasteiger partial charge is 0.303 e. The van der Waals surface area contributed by atoms with E-state index in [0.29, 0.717) is 18.7 Å². The minimum absolute atomic E-state index is 0.0265. The van der Waals surface area contributed by atoms with Crippen LogP contribution in [0, 0.1) is 5.92 Å². The third-order valence-corrected chi connectivity index (χ3v) is 4.20. The Kier molecular flexibility index (Phi) is 5.95. The first kappa shape index (κ1) is 17.2. The van der Waals surface area contributed by atoms with E-state index >= 15 is 0 Å². The van der Waals surface area contributed by atoms with Gasteiger partial charge in [0.25, 0.3) is 0 Å². The lowest BCUT2D eigenvalue weighted by atomic mass is 9.94. The van der Waals surface area contributed by atoms with Crippen LogP contribution in [-0.4, -0.2) is 51.8 Å². The first-order chi connectivity index (χ1) is 11.0. The molecule has 0 aromatic heterocycles. The first-order valence-electron chi connectivity index (χ1n) is 7.69. The number of oxime groups is 1. The zero-order valence-electron chi connectivity index (χ0n) is 12.9. The normalized spacial score (nSPS) is 21.1. The number of rotatable bonds is 6. The lowest BCUT2D eigenvalue weighted by Gasteiger charge is -2.33. The summed E-state index contributed by atoms with van der Waals surface area (Å²) in [6.45, 7) is 2.04. The van der Waals surface area contributed by atoms with Crippen LogP contribution in [-0.2, 0) is 4.79 Å². The summed E-state index contributed by atoms with van der Waals surface area (Å²) in [5.74, 6) is -0.592. The van der Waals surface area contributed by atoms with Gasteiger partial charge in [-0.15, -0.1) is 0 Å². The molecule has 1 heterocycles. The van der Waals surface area contributed by atoms with Crippen LogP contribution < -0.4 is 5.73 Å². The SMILES string of the molecule is N/C(=N\O)c1ccc([C@H](O)CN2CCC[C@H](CC(=O)O)C2)cc1. The molecule has 7 nitrogen and oxygen atoms in total. The summed E-state index contributed by atoms with van der Waals surface area (Å²) >= 11 is 0. The maximum absolute atomic E-state index is 10.8. The number of aliphatic hydroxyl groups excluding tert-OH is 1. The monoisotopic (exact) mass is 321 g/mol. The number of carboxylic acids is 1. The topological polar surface area (TPSA) is 119 Å². The summed E-state index contributed by atoms with van der Waals surface area (Å²) in [5, 5.41) is 30.8. The fourth-order valence-electron chi connectivity index (χ4n) is 3.01. The average molecular weight is 321 g/mol. The third kappa shape index (κ3) is 4.94. The summed E-state index contributed by atoms with van der Waals surface area (Å²) in [5.41, 5.74) is 6.84. The quantitative estimate of drug-likeness (QED) is 0.269. The minimum Gasteiger partial charge on any atom is -0.481 e. The van der Waals surface area contributed by atoms with Crippen LogP contribution in [0.15, 0.2) is 29.4 Å². The number of benzene rings is 1. The number of aliphatic carboxylic acids is 1. The highest BCUT2D eigenvalue weighted by Crippen LogP contribution is 2.22. The maximum atomic E-state index is 10.8. The predicted octanol–water partition coefficient (Wildman–Crippen LogP) is 1.00. The van der Waals surface area contributed by atoms with Gasteiger partial charge in [-0.1, -0.05) is 29.4 Å². The fourth-order valence-corrected chi connectivity index (χ4v) is 3.01. The molecule has 0 radical (unpaired) electrons. The van der Waals surface area contributed by atoms with Gasteiger partial charge in [0.15, 0.2) is 5.84 Å². The van der Waals surface area contributed by atoms with Crippen molar-refractivity contribution in [2.45, 2.75) is 25.4 Å². The van der Waals surface area contributed by atoms with Gasteiger partial charge >= 0.3 is 5.97 Å². The molecule has 0 amide bonds. The fraction of sp³-hybridized carbons (Fsp3) is 0.500. The number of hydrogen-bond acceptors (Lipinski definition) is 5. The van der Waals surface area contributed by atoms with Gasteiger partial charge in [-0.2, -0.15) is 0 Å². The summed E-state index contributed by atoms with van der Waals surface area (Å²) in [6, 6.07) is 6.88. The number of carboxylic acid groups (broad SMARTS) is 1. The van der Waals surface area contributed by atoms with Crippen LogP contribution in [0.4, 0.5) is 0 Å². The lowest BCUT2D eigenvalue weighted by Crippen LogP contribution is -2.38. The standard InChI is InChI=1S/C16H23N3O4/c17-16(18-23)13-5-3-12(4-6-13)14(20)10-19-7-1-2-11(9-19)8-15(21)22/h3-6,11,14,20,23H,1-2,7-10H2,(H2,17,18)(H,21,22)/t11-,14-/m1/s1. The molecule has 126 valence electrons. The van der Waals surface area contributed by atoms with Crippen LogP contribution in [0.1, 0.15) is 36.5 Å². The number of amidine groups is 1. The molecule has 1 aromatic rings. The van der Waals surface area contributed by atoms with Gasteiger partial charge < -0.3 is 26.1 Å². The molecule has 0 unspecified atom stereocenters. The number of carbonyl (C=O) groups is 1. The summed E-state index contributed by atoms with van der Waals surface area (Å²) in [7, 11) is 0. The van der Waals surface area contributed by atoms with Crippen molar-refractivity contribution in [2.75, 3.05) is 19.6 Å². The van der Waals surface area contributed by atoms with Crippen molar-refractivity contribution in [2.24, 2.45) is 16.8 Å². The van der Waals surface area contributed by atoms with Gasteiger partial charge in [0.2, 0.25) is 0 Å². The number of hydrogen-bond donors (Lipinski definition) is 4. The van der Waals surface area contributed by atoms with Crippen molar-refractivity contribution in [3.8, 4) is 0 Å². The van der Waals surface area contributed by atoms with Gasteiger partial charge in [0, 0.05) is 25.1 Å². The number of nitrogens with two attached hydrogens (primary N) is 1. The van der Waals surface area contributed by atoms with Crippen molar-refractivity contribution in [1.29, 1.82) is 0 Å². The number of β-amino-alcohol motifs (C(OH)–C–C–N with tert-alkyl or cyclic N) is 1. The number of likely N-dealkylation sites (tertiary alicyclic amines) is 1. The molecular formula is C16H23N3O4. The second kappa shape index (κ2) is 7.94. The van der Waals surface area contributed by atoms with Gasteiger partial charge in [-0.05, 0) is 30.9 Å². The molecular weight excluding hydrogens is 298 g/mol. The Balaban J connectivity index is 1.93. The molecule has 5 N–H and O–H groups in total. The van der Waals surface area contributed by atoms with E-state index in [2.05, 4.69) is 10.1 Å². The highest BCUT2D eigenvalue weighted by atomic mass is 16.4. The van der Waals surface area contributed by atoms with Crippen LogP contribution in [0.5, 0.6) is 0 Å². The Bertz CT molecular complexity index is 559. The van der Waals surface area contributed by atoms with E-state index in [1.165, 1.54) is 0 Å². The molecule has 1 aromatic carbocycles. The maximum Gasteiger partial charge on any atom is 0.303 e. The summed E-state index contributed by atoms with van der Waals surface area (Å²) < 4.78 is 0. The molecule has 2 atom stereocenters. The Morgan fingerprint density at radius 1 is 1.39 bits per heavy atom. The molecule has 1 aliphatic heterocycles. The minimum atomic E-state index is -0.767. The molecule has 2 rings (SSSR count). The first-order valence-corrected chi connectivity index (χ1v) is 7.69. The molecule has 23 heavy (non-hydrogen) atoms. The van der Waals surface area contributed by atoms with E-state index in [9.17, 15) is 9.90 Å². The Hall–Kier alpha value is -2.12. The zero-order chi connectivity index (χ0) is 16.8. The van der Waals surface area contributed by atoms with Crippen molar-refractivity contribution < 1.29 is 20.2 Å². The Morgan fingerprint density at radius 2 is 2.09 bits per heavy atom. The number of piperidine rings is 1. The van der Waals surface area contributed by atoms with Crippen LogP contribution in [0.2, 0.25) is 0 Å². The molecule has 1 fully saturated rings. The van der Waals surface area contributed by atoms with Crippen molar-refractivity contribution in [1.82, 2.24) is 4.90 Å². The molecule has 0 spiro atoms. The van der Waals surface area contributed by atoms with E-state index in [4.69, 9.17) is 16.0 Å². The van der Waals surface area contributed by atoms with Crippen LogP contribution in [0.25, 0.3) is 0 Å². The lowest BCUT2D eigenvalue weighted by molar-refractivity contribution is -0.138. The average Bonchev–Trinajstić information content (AvgIpc) is 2.54. The zero-order valence-corrected chi connectivity index (χ0v) is 12.9. The molecule has 0 bridgehead atoms. The van der Waals surface area contributed by atoms with E-state index in [1.807, 2.05) is 0 Å². The largest absolute Gasteiger partial charge is 0.481 e. The number of nitrogens with zero attached hydrogens (tertiary/aromatic N) is 2. The van der Waals surface area contributed by atoms with Gasteiger partial charge in [-0.25, -0.2) is 0 Å². The molecule has 1 aliphatic rings. The van der Waals surface area contributed by atoms with Crippen LogP contribution in [0.3, 0.4) is 0 Å². The molecule has 7 heteroatoms. The van der Waals surface area contributed by atoms with Gasteiger partial charge in [0.1, 0.15) is 0 Å². The summed E-state index contributed by atoms with van der Waals surface area (Å²) in [4.78, 5) is 12.9. The highest BCUT2D eigenvalue weighted by Gasteiger charge is 2.23. The second-order valence-electron chi connectivity index (χ2n) is 5.99. The second-order valence-corrected chi connectivity index (χ2v) is 5.99. The highest BCUT2D eigenvalue weighted by molar-refractivity contribution is 5.96. The summed E-state index contributed by atoms with van der Waals surface area (Å²) in [6.07, 6.45) is 1.40. The van der Waals surface area contributed by atoms with Crippen molar-refractivity contribution >= 4 is 11.8 Å².